The van der Waals surface area contributed by atoms with Crippen LogP contribution >= 0.6 is 0 Å². The molecule has 0 atom stereocenters. The number of carboxylic acid groups (broad SMARTS) is 1. The van der Waals surface area contributed by atoms with Gasteiger partial charge in [-0.3, -0.25) is 4.79 Å². The van der Waals surface area contributed by atoms with Crippen molar-refractivity contribution >= 4 is 5.97 Å². The lowest BCUT2D eigenvalue weighted by atomic mass is 9.84. The van der Waals surface area contributed by atoms with Crippen LogP contribution in [-0.2, 0) is 4.79 Å². The first kappa shape index (κ1) is 12.8. The van der Waals surface area contributed by atoms with E-state index in [1.165, 1.54) is 0 Å². The van der Waals surface area contributed by atoms with Gasteiger partial charge in [0.2, 0.25) is 0 Å². The van der Waals surface area contributed by atoms with Crippen molar-refractivity contribution in [2.45, 2.75) is 38.5 Å². The number of aliphatic carboxylic acids is 1. The Labute approximate surface area is 103 Å². The van der Waals surface area contributed by atoms with Crippen LogP contribution < -0.4 is 0 Å². The number of nitrogens with zero attached hydrogens (tertiary/aromatic N) is 1. The minimum atomic E-state index is -0.612. The number of hydrogen-bond acceptors (Lipinski definition) is 3. The molecule has 1 heterocycles. The molecule has 4 heteroatoms. The minimum absolute atomic E-state index is 0.276. The van der Waals surface area contributed by atoms with E-state index in [1.54, 1.807) is 0 Å². The second kappa shape index (κ2) is 5.36. The molecule has 0 aromatic carbocycles. The highest BCUT2D eigenvalue weighted by atomic mass is 16.4. The summed E-state index contributed by atoms with van der Waals surface area (Å²) in [7, 11) is 0. The zero-order chi connectivity index (χ0) is 12.3. The standard InChI is InChI=1S/C13H23NO3/c15-9-11-3-7-14(8-4-11)10-13(12(16)17)5-1-2-6-13/h11,15H,1-10H2,(H,16,17). The van der Waals surface area contributed by atoms with Gasteiger partial charge < -0.3 is 15.1 Å². The summed E-state index contributed by atoms with van der Waals surface area (Å²) in [5, 5.41) is 18.5. The van der Waals surface area contributed by atoms with Crippen molar-refractivity contribution in [2.24, 2.45) is 11.3 Å². The van der Waals surface area contributed by atoms with Gasteiger partial charge >= 0.3 is 5.97 Å². The van der Waals surface area contributed by atoms with Gasteiger partial charge in [-0.25, -0.2) is 0 Å². The van der Waals surface area contributed by atoms with E-state index in [4.69, 9.17) is 5.11 Å². The maximum absolute atomic E-state index is 11.5. The average molecular weight is 241 g/mol. The van der Waals surface area contributed by atoms with Crippen molar-refractivity contribution < 1.29 is 15.0 Å². The predicted molar refractivity (Wildman–Crippen MR) is 64.8 cm³/mol. The summed E-state index contributed by atoms with van der Waals surface area (Å²) in [6.45, 7) is 2.87. The number of carbonyl (C=O) groups is 1. The Morgan fingerprint density at radius 1 is 1.24 bits per heavy atom. The SMILES string of the molecule is O=C(O)C1(CN2CCC(CO)CC2)CCCC1. The van der Waals surface area contributed by atoms with Crippen LogP contribution in [0.2, 0.25) is 0 Å². The fourth-order valence-corrected chi connectivity index (χ4v) is 3.25. The molecule has 1 aliphatic heterocycles. The van der Waals surface area contributed by atoms with E-state index in [-0.39, 0.29) is 6.61 Å². The maximum atomic E-state index is 11.5. The van der Waals surface area contributed by atoms with Gasteiger partial charge in [0, 0.05) is 13.2 Å². The molecule has 1 saturated heterocycles. The van der Waals surface area contributed by atoms with Crippen LogP contribution in [0.1, 0.15) is 38.5 Å². The molecule has 0 bridgehead atoms. The first-order chi connectivity index (χ1) is 8.16. The molecule has 2 aliphatic rings. The molecule has 98 valence electrons. The van der Waals surface area contributed by atoms with E-state index in [0.717, 1.165) is 51.6 Å². The number of hydrogen-bond donors (Lipinski definition) is 2. The number of carboxylic acids is 1. The van der Waals surface area contributed by atoms with Gasteiger partial charge in [-0.15, -0.1) is 0 Å². The third kappa shape index (κ3) is 2.80. The number of rotatable bonds is 4. The van der Waals surface area contributed by atoms with Crippen LogP contribution in [0.4, 0.5) is 0 Å². The first-order valence-electron chi connectivity index (χ1n) is 6.73. The smallest absolute Gasteiger partial charge is 0.310 e. The van der Waals surface area contributed by atoms with E-state index in [0.29, 0.717) is 12.5 Å². The molecular weight excluding hydrogens is 218 g/mol. The Morgan fingerprint density at radius 3 is 2.29 bits per heavy atom. The zero-order valence-electron chi connectivity index (χ0n) is 10.4. The van der Waals surface area contributed by atoms with Crippen molar-refractivity contribution in [1.29, 1.82) is 0 Å². The van der Waals surface area contributed by atoms with E-state index < -0.39 is 11.4 Å². The summed E-state index contributed by atoms with van der Waals surface area (Å²) in [6.07, 6.45) is 5.79. The van der Waals surface area contributed by atoms with Crippen LogP contribution in [0.5, 0.6) is 0 Å². The van der Waals surface area contributed by atoms with Gasteiger partial charge in [-0.1, -0.05) is 12.8 Å². The van der Waals surface area contributed by atoms with Crippen molar-refractivity contribution in [1.82, 2.24) is 4.90 Å². The van der Waals surface area contributed by atoms with Gasteiger partial charge in [0.25, 0.3) is 0 Å². The third-order valence-corrected chi connectivity index (χ3v) is 4.51. The quantitative estimate of drug-likeness (QED) is 0.779. The second-order valence-corrected chi connectivity index (χ2v) is 5.69. The number of aliphatic hydroxyl groups excluding tert-OH is 1. The first-order valence-corrected chi connectivity index (χ1v) is 6.73. The van der Waals surface area contributed by atoms with Gasteiger partial charge in [0.15, 0.2) is 0 Å². The van der Waals surface area contributed by atoms with Crippen molar-refractivity contribution in [3.8, 4) is 0 Å². The van der Waals surface area contributed by atoms with Crippen LogP contribution in [0.25, 0.3) is 0 Å². The molecule has 4 nitrogen and oxygen atoms in total. The average Bonchev–Trinajstić information content (AvgIpc) is 2.80. The van der Waals surface area contributed by atoms with Crippen molar-refractivity contribution in [3.05, 3.63) is 0 Å². The van der Waals surface area contributed by atoms with Gasteiger partial charge in [0.1, 0.15) is 0 Å². The summed E-state index contributed by atoms with van der Waals surface area (Å²) in [6, 6.07) is 0. The van der Waals surface area contributed by atoms with Crippen molar-refractivity contribution in [2.75, 3.05) is 26.2 Å². The highest BCUT2D eigenvalue weighted by Gasteiger charge is 2.42. The Bertz CT molecular complexity index is 266. The van der Waals surface area contributed by atoms with Crippen LogP contribution in [0, 0.1) is 11.3 Å². The topological polar surface area (TPSA) is 60.8 Å². The molecule has 1 aliphatic carbocycles. The molecule has 0 amide bonds. The fraction of sp³-hybridized carbons (Fsp3) is 0.923. The maximum Gasteiger partial charge on any atom is 0.310 e. The molecular formula is C13H23NO3. The van der Waals surface area contributed by atoms with Gasteiger partial charge in [-0.2, -0.15) is 0 Å². The number of aliphatic hydroxyl groups is 1. The Hall–Kier alpha value is -0.610. The summed E-state index contributed by atoms with van der Waals surface area (Å²) >= 11 is 0. The molecule has 0 aromatic heterocycles. The summed E-state index contributed by atoms with van der Waals surface area (Å²) < 4.78 is 0. The Kier molecular flexibility index (Phi) is 4.05. The molecule has 1 saturated carbocycles. The number of likely N-dealkylation sites (tertiary alicyclic amines) is 1. The summed E-state index contributed by atoms with van der Waals surface area (Å²) in [5.74, 6) is -0.185. The van der Waals surface area contributed by atoms with E-state index in [1.807, 2.05) is 0 Å². The summed E-state index contributed by atoms with van der Waals surface area (Å²) in [5.41, 5.74) is -0.480. The summed E-state index contributed by atoms with van der Waals surface area (Å²) in [4.78, 5) is 13.7. The lowest BCUT2D eigenvalue weighted by Gasteiger charge is -2.36. The van der Waals surface area contributed by atoms with Crippen molar-refractivity contribution in [3.63, 3.8) is 0 Å². The molecule has 0 unspecified atom stereocenters. The molecule has 2 N–H and O–H groups in total. The molecule has 2 rings (SSSR count). The van der Waals surface area contributed by atoms with E-state index in [9.17, 15) is 9.90 Å². The van der Waals surface area contributed by atoms with E-state index in [2.05, 4.69) is 4.90 Å². The van der Waals surface area contributed by atoms with Crippen LogP contribution in [0.15, 0.2) is 0 Å². The monoisotopic (exact) mass is 241 g/mol. The predicted octanol–water partition coefficient (Wildman–Crippen LogP) is 1.34. The number of piperidine rings is 1. The lowest BCUT2D eigenvalue weighted by Crippen LogP contribution is -2.45. The minimum Gasteiger partial charge on any atom is -0.481 e. The Balaban J connectivity index is 1.89. The lowest BCUT2D eigenvalue weighted by molar-refractivity contribution is -0.150. The Morgan fingerprint density at radius 2 is 1.82 bits per heavy atom. The molecule has 2 fully saturated rings. The van der Waals surface area contributed by atoms with E-state index >= 15 is 0 Å². The van der Waals surface area contributed by atoms with Crippen LogP contribution in [0.3, 0.4) is 0 Å². The van der Waals surface area contributed by atoms with Gasteiger partial charge in [0.05, 0.1) is 5.41 Å². The zero-order valence-corrected chi connectivity index (χ0v) is 10.4. The highest BCUT2D eigenvalue weighted by Crippen LogP contribution is 2.39. The molecule has 0 spiro atoms. The molecule has 0 radical (unpaired) electrons. The normalized spacial score (nSPS) is 26.2. The second-order valence-electron chi connectivity index (χ2n) is 5.69. The molecule has 0 aromatic rings. The third-order valence-electron chi connectivity index (χ3n) is 4.51. The highest BCUT2D eigenvalue weighted by molar-refractivity contribution is 5.75. The largest absolute Gasteiger partial charge is 0.481 e. The molecule has 17 heavy (non-hydrogen) atoms. The fourth-order valence-electron chi connectivity index (χ4n) is 3.25. The van der Waals surface area contributed by atoms with Gasteiger partial charge in [-0.05, 0) is 44.7 Å². The van der Waals surface area contributed by atoms with Crippen LogP contribution in [-0.4, -0.2) is 47.3 Å².